The van der Waals surface area contributed by atoms with Crippen molar-refractivity contribution in [3.05, 3.63) is 65.9 Å². The van der Waals surface area contributed by atoms with E-state index in [0.29, 0.717) is 41.4 Å². The molecule has 1 saturated heterocycles. The average Bonchev–Trinajstić information content (AvgIpc) is 3.43. The Balaban J connectivity index is 1.49. The topological polar surface area (TPSA) is 88.8 Å². The second kappa shape index (κ2) is 8.47. The molecule has 0 bridgehead atoms. The molecule has 1 aromatic heterocycles. The van der Waals surface area contributed by atoms with Crippen LogP contribution in [0.1, 0.15) is 40.7 Å². The van der Waals surface area contributed by atoms with Gasteiger partial charge in [-0.2, -0.15) is 0 Å². The Bertz CT molecular complexity index is 1150. The number of nitrogens with one attached hydrogen (secondary N) is 1. The van der Waals surface area contributed by atoms with Gasteiger partial charge < -0.3 is 19.4 Å². The van der Waals surface area contributed by atoms with Gasteiger partial charge >= 0.3 is 0 Å². The fourth-order valence-corrected chi connectivity index (χ4v) is 3.56. The highest BCUT2D eigenvalue weighted by Crippen LogP contribution is 2.34. The van der Waals surface area contributed by atoms with Gasteiger partial charge in [-0.3, -0.25) is 14.4 Å². The van der Waals surface area contributed by atoms with Crippen LogP contribution in [0, 0.1) is 0 Å². The molecule has 0 spiro atoms. The first-order valence-electron chi connectivity index (χ1n) is 9.97. The molecule has 2 aromatic carbocycles. The van der Waals surface area contributed by atoms with Crippen LogP contribution < -0.4 is 15.0 Å². The molecule has 1 aliphatic heterocycles. The summed E-state index contributed by atoms with van der Waals surface area (Å²) in [6, 6.07) is 15.5. The molecule has 31 heavy (non-hydrogen) atoms. The minimum atomic E-state index is -0.404. The van der Waals surface area contributed by atoms with Crippen LogP contribution in [0.4, 0.5) is 11.4 Å². The first kappa shape index (κ1) is 20.4. The molecular formula is C24H22N2O5. The minimum absolute atomic E-state index is 0.0124. The summed E-state index contributed by atoms with van der Waals surface area (Å²) in [5, 5.41) is 2.79. The summed E-state index contributed by atoms with van der Waals surface area (Å²) in [4.78, 5) is 37.8. The molecule has 1 N–H and O–H groups in total. The summed E-state index contributed by atoms with van der Waals surface area (Å²) in [6.07, 6.45) is 1.35. The van der Waals surface area contributed by atoms with Crippen LogP contribution in [0.5, 0.6) is 5.75 Å². The molecule has 0 unspecified atom stereocenters. The Kier molecular flexibility index (Phi) is 5.58. The largest absolute Gasteiger partial charge is 0.494 e. The van der Waals surface area contributed by atoms with Crippen molar-refractivity contribution in [2.45, 2.75) is 19.8 Å². The monoisotopic (exact) mass is 418 g/mol. The van der Waals surface area contributed by atoms with Crippen molar-refractivity contribution >= 4 is 29.0 Å². The maximum atomic E-state index is 12.6. The van der Waals surface area contributed by atoms with Gasteiger partial charge in [-0.05, 0) is 37.6 Å². The molecule has 2 amide bonds. The van der Waals surface area contributed by atoms with E-state index in [1.807, 2.05) is 0 Å². The molecule has 2 heterocycles. The number of amides is 2. The van der Waals surface area contributed by atoms with Gasteiger partial charge in [0.05, 0.1) is 12.8 Å². The van der Waals surface area contributed by atoms with E-state index in [4.69, 9.17) is 9.15 Å². The van der Waals surface area contributed by atoms with Gasteiger partial charge in [0.15, 0.2) is 11.5 Å². The standard InChI is InChI=1S/C24H22N2O5/c1-15(27)16-5-7-17(8-6-16)20-11-12-21(31-20)24(29)25-18-9-10-19(22(14-18)30-2)26-13-3-4-23(26)28/h5-12,14H,3-4,13H2,1-2H3,(H,25,29). The van der Waals surface area contributed by atoms with Crippen molar-refractivity contribution < 1.29 is 23.5 Å². The van der Waals surface area contributed by atoms with Crippen LogP contribution in [0.25, 0.3) is 11.3 Å². The molecule has 4 rings (SSSR count). The maximum Gasteiger partial charge on any atom is 0.291 e. The Morgan fingerprint density at radius 2 is 1.84 bits per heavy atom. The summed E-state index contributed by atoms with van der Waals surface area (Å²) < 4.78 is 11.1. The van der Waals surface area contributed by atoms with E-state index < -0.39 is 5.91 Å². The summed E-state index contributed by atoms with van der Waals surface area (Å²) in [6.45, 7) is 2.17. The van der Waals surface area contributed by atoms with Gasteiger partial charge in [-0.25, -0.2) is 0 Å². The number of furan rings is 1. The van der Waals surface area contributed by atoms with E-state index >= 15 is 0 Å². The number of ketones is 1. The quantitative estimate of drug-likeness (QED) is 0.594. The molecule has 7 heteroatoms. The zero-order valence-electron chi connectivity index (χ0n) is 17.3. The lowest BCUT2D eigenvalue weighted by molar-refractivity contribution is -0.117. The van der Waals surface area contributed by atoms with Crippen molar-refractivity contribution in [3.63, 3.8) is 0 Å². The van der Waals surface area contributed by atoms with E-state index in [2.05, 4.69) is 5.32 Å². The summed E-state index contributed by atoms with van der Waals surface area (Å²) >= 11 is 0. The lowest BCUT2D eigenvalue weighted by Crippen LogP contribution is -2.24. The van der Waals surface area contributed by atoms with Gasteiger partial charge in [0.25, 0.3) is 5.91 Å². The molecule has 0 saturated carbocycles. The third-order valence-electron chi connectivity index (χ3n) is 5.21. The number of hydrogen-bond donors (Lipinski definition) is 1. The van der Waals surface area contributed by atoms with Crippen LogP contribution >= 0.6 is 0 Å². The van der Waals surface area contributed by atoms with Crippen molar-refractivity contribution in [2.75, 3.05) is 23.9 Å². The number of methoxy groups -OCH3 is 1. The second-order valence-electron chi connectivity index (χ2n) is 7.29. The van der Waals surface area contributed by atoms with Crippen LogP contribution in [0.2, 0.25) is 0 Å². The number of benzene rings is 2. The Morgan fingerprint density at radius 1 is 1.06 bits per heavy atom. The van der Waals surface area contributed by atoms with Crippen LogP contribution in [-0.2, 0) is 4.79 Å². The number of hydrogen-bond acceptors (Lipinski definition) is 5. The third kappa shape index (κ3) is 4.21. The molecular weight excluding hydrogens is 396 g/mol. The van der Waals surface area contributed by atoms with E-state index in [1.54, 1.807) is 59.5 Å². The van der Waals surface area contributed by atoms with Crippen molar-refractivity contribution in [1.29, 1.82) is 0 Å². The highest BCUT2D eigenvalue weighted by Gasteiger charge is 2.24. The molecule has 0 atom stereocenters. The number of Topliss-reactive ketones (excluding diaryl/α,β-unsaturated/α-hetero) is 1. The average molecular weight is 418 g/mol. The summed E-state index contributed by atoms with van der Waals surface area (Å²) in [5.41, 5.74) is 2.60. The van der Waals surface area contributed by atoms with Crippen molar-refractivity contribution in [1.82, 2.24) is 0 Å². The fourth-order valence-electron chi connectivity index (χ4n) is 3.56. The third-order valence-corrected chi connectivity index (χ3v) is 5.21. The van der Waals surface area contributed by atoms with E-state index in [1.165, 1.54) is 14.0 Å². The van der Waals surface area contributed by atoms with Gasteiger partial charge in [0.2, 0.25) is 5.91 Å². The van der Waals surface area contributed by atoms with Crippen LogP contribution in [0.3, 0.4) is 0 Å². The summed E-state index contributed by atoms with van der Waals surface area (Å²) in [5.74, 6) is 0.845. The number of anilines is 2. The smallest absolute Gasteiger partial charge is 0.291 e. The van der Waals surface area contributed by atoms with E-state index in [0.717, 1.165) is 12.0 Å². The van der Waals surface area contributed by atoms with E-state index in [9.17, 15) is 14.4 Å². The lowest BCUT2D eigenvalue weighted by atomic mass is 10.1. The van der Waals surface area contributed by atoms with Crippen molar-refractivity contribution in [2.24, 2.45) is 0 Å². The predicted octanol–water partition coefficient (Wildman–Crippen LogP) is 4.54. The first-order valence-corrected chi connectivity index (χ1v) is 9.97. The van der Waals surface area contributed by atoms with Gasteiger partial charge in [-0.15, -0.1) is 0 Å². The second-order valence-corrected chi connectivity index (χ2v) is 7.29. The number of rotatable bonds is 6. The Morgan fingerprint density at radius 3 is 2.48 bits per heavy atom. The zero-order valence-corrected chi connectivity index (χ0v) is 17.3. The lowest BCUT2D eigenvalue weighted by Gasteiger charge is -2.19. The van der Waals surface area contributed by atoms with Gasteiger partial charge in [-0.1, -0.05) is 24.3 Å². The number of nitrogens with zero attached hydrogens (tertiary/aromatic N) is 1. The zero-order chi connectivity index (χ0) is 22.0. The first-order chi connectivity index (χ1) is 15.0. The maximum absolute atomic E-state index is 12.6. The molecule has 158 valence electrons. The Hall–Kier alpha value is -3.87. The van der Waals surface area contributed by atoms with Crippen molar-refractivity contribution in [3.8, 4) is 17.1 Å². The molecule has 0 radical (unpaired) electrons. The van der Waals surface area contributed by atoms with Gasteiger partial charge in [0, 0.05) is 35.8 Å². The highest BCUT2D eigenvalue weighted by atomic mass is 16.5. The number of carbonyl (C=O) groups is 3. The predicted molar refractivity (Wildman–Crippen MR) is 117 cm³/mol. The number of ether oxygens (including phenoxy) is 1. The fraction of sp³-hybridized carbons (Fsp3) is 0.208. The molecule has 1 aliphatic rings. The van der Waals surface area contributed by atoms with E-state index in [-0.39, 0.29) is 17.5 Å². The number of carbonyl (C=O) groups excluding carboxylic acids is 3. The Labute approximate surface area is 179 Å². The van der Waals surface area contributed by atoms with Crippen LogP contribution in [-0.4, -0.2) is 31.3 Å². The summed E-state index contributed by atoms with van der Waals surface area (Å²) in [7, 11) is 1.53. The normalized spacial score (nSPS) is 13.4. The minimum Gasteiger partial charge on any atom is -0.494 e. The molecule has 7 nitrogen and oxygen atoms in total. The van der Waals surface area contributed by atoms with Gasteiger partial charge in [0.1, 0.15) is 11.5 Å². The SMILES string of the molecule is COc1cc(NC(=O)c2ccc(-c3ccc(C(C)=O)cc3)o2)ccc1N1CCCC1=O. The molecule has 3 aromatic rings. The molecule has 1 fully saturated rings. The van der Waals surface area contributed by atoms with Crippen LogP contribution in [0.15, 0.2) is 59.0 Å². The molecule has 0 aliphatic carbocycles. The highest BCUT2D eigenvalue weighted by molar-refractivity contribution is 6.03.